The smallest absolute Gasteiger partial charge is 0.222 e. The van der Waals surface area contributed by atoms with Crippen molar-refractivity contribution < 1.29 is 5.11 Å². The molecule has 2 fully saturated rings. The summed E-state index contributed by atoms with van der Waals surface area (Å²) in [6, 6.07) is 10.9. The van der Waals surface area contributed by atoms with Gasteiger partial charge < -0.3 is 10.4 Å². The first-order chi connectivity index (χ1) is 12.7. The van der Waals surface area contributed by atoms with Crippen LogP contribution in [-0.4, -0.2) is 39.2 Å². The topological polar surface area (TPSA) is 61.3 Å². The number of fused-ring (bicyclic) bond motifs is 1. The zero-order valence-corrected chi connectivity index (χ0v) is 15.4. The van der Waals surface area contributed by atoms with Crippen LogP contribution in [0.15, 0.2) is 42.7 Å². The molecule has 0 radical (unpaired) electrons. The number of aliphatic hydroxyl groups excluding tert-OH is 1. The molecule has 5 nitrogen and oxygen atoms in total. The first-order valence-corrected chi connectivity index (χ1v) is 9.64. The lowest BCUT2D eigenvalue weighted by molar-refractivity contribution is 0.158. The highest BCUT2D eigenvalue weighted by molar-refractivity contribution is 5.27. The number of benzene rings is 1. The van der Waals surface area contributed by atoms with Crippen molar-refractivity contribution in [3.05, 3.63) is 53.9 Å². The van der Waals surface area contributed by atoms with E-state index in [-0.39, 0.29) is 6.10 Å². The van der Waals surface area contributed by atoms with Crippen LogP contribution in [-0.2, 0) is 13.1 Å². The lowest BCUT2D eigenvalue weighted by atomic mass is 10.0. The predicted octanol–water partition coefficient (Wildman–Crippen LogP) is 3.07. The number of nitrogens with zero attached hydrogens (tertiary/aromatic N) is 3. The summed E-state index contributed by atoms with van der Waals surface area (Å²) in [5, 5.41) is 13.1. The van der Waals surface area contributed by atoms with Crippen molar-refractivity contribution in [1.82, 2.24) is 14.9 Å². The third kappa shape index (κ3) is 4.05. The van der Waals surface area contributed by atoms with Crippen LogP contribution in [0, 0.1) is 11.8 Å². The van der Waals surface area contributed by atoms with Gasteiger partial charge in [0.05, 0.1) is 6.10 Å². The number of anilines is 1. The molecule has 0 saturated heterocycles. The molecule has 2 aromatic rings. The van der Waals surface area contributed by atoms with Gasteiger partial charge in [-0.15, -0.1) is 0 Å². The van der Waals surface area contributed by atoms with Crippen molar-refractivity contribution in [3.63, 3.8) is 0 Å². The number of hydrogen-bond donors (Lipinski definition) is 2. The molecule has 26 heavy (non-hydrogen) atoms. The summed E-state index contributed by atoms with van der Waals surface area (Å²) in [7, 11) is 2.20. The summed E-state index contributed by atoms with van der Waals surface area (Å²) in [6.07, 6.45) is 8.23. The Morgan fingerprint density at radius 2 is 1.65 bits per heavy atom. The van der Waals surface area contributed by atoms with Gasteiger partial charge >= 0.3 is 0 Å². The van der Waals surface area contributed by atoms with E-state index >= 15 is 0 Å². The molecule has 2 unspecified atom stereocenters. The molecule has 5 heteroatoms. The molecule has 0 bridgehead atoms. The zero-order chi connectivity index (χ0) is 17.9. The van der Waals surface area contributed by atoms with Crippen molar-refractivity contribution in [2.24, 2.45) is 11.8 Å². The molecule has 2 aliphatic carbocycles. The second kappa shape index (κ2) is 7.72. The summed E-state index contributed by atoms with van der Waals surface area (Å²) in [6.45, 7) is 1.61. The third-order valence-electron chi connectivity index (χ3n) is 6.02. The van der Waals surface area contributed by atoms with Gasteiger partial charge in [0.1, 0.15) is 0 Å². The minimum atomic E-state index is -0.0550. The van der Waals surface area contributed by atoms with E-state index in [9.17, 15) is 5.11 Å². The number of aliphatic hydroxyl groups is 1. The van der Waals surface area contributed by atoms with Gasteiger partial charge in [-0.2, -0.15) is 0 Å². The van der Waals surface area contributed by atoms with Crippen LogP contribution in [0.3, 0.4) is 0 Å². The van der Waals surface area contributed by atoms with Gasteiger partial charge in [-0.3, -0.25) is 4.90 Å². The largest absolute Gasteiger partial charge is 0.393 e. The van der Waals surface area contributed by atoms with Gasteiger partial charge in [0, 0.05) is 37.1 Å². The Kier molecular flexibility index (Phi) is 5.18. The molecule has 4 rings (SSSR count). The molecule has 0 spiro atoms. The van der Waals surface area contributed by atoms with Gasteiger partial charge in [-0.25, -0.2) is 9.97 Å². The van der Waals surface area contributed by atoms with E-state index in [1.165, 1.54) is 18.4 Å². The normalized spacial score (nSPS) is 27.7. The second-order valence-corrected chi connectivity index (χ2v) is 7.94. The summed E-state index contributed by atoms with van der Waals surface area (Å²) in [4.78, 5) is 11.3. The third-order valence-corrected chi connectivity index (χ3v) is 6.02. The van der Waals surface area contributed by atoms with Crippen molar-refractivity contribution in [2.45, 2.75) is 50.9 Å². The van der Waals surface area contributed by atoms with E-state index in [1.807, 2.05) is 30.6 Å². The Balaban J connectivity index is 1.27. The number of nitrogens with one attached hydrogen (secondary N) is 1. The maximum absolute atomic E-state index is 9.80. The van der Waals surface area contributed by atoms with Gasteiger partial charge in [-0.05, 0) is 50.1 Å². The summed E-state index contributed by atoms with van der Waals surface area (Å²) in [5.41, 5.74) is 2.37. The first kappa shape index (κ1) is 17.4. The van der Waals surface area contributed by atoms with Crippen molar-refractivity contribution in [2.75, 3.05) is 12.4 Å². The van der Waals surface area contributed by atoms with E-state index in [2.05, 4.69) is 39.4 Å². The minimum Gasteiger partial charge on any atom is -0.393 e. The highest BCUT2D eigenvalue weighted by Gasteiger charge is 2.42. The lowest BCUT2D eigenvalue weighted by Gasteiger charge is -2.25. The fourth-order valence-electron chi connectivity index (χ4n) is 4.63. The Labute approximate surface area is 155 Å². The monoisotopic (exact) mass is 352 g/mol. The average Bonchev–Trinajstić information content (AvgIpc) is 3.19. The molecular weight excluding hydrogens is 324 g/mol. The highest BCUT2D eigenvalue weighted by atomic mass is 16.3. The molecule has 1 heterocycles. The molecule has 1 aromatic heterocycles. The van der Waals surface area contributed by atoms with Crippen LogP contribution in [0.25, 0.3) is 0 Å². The summed E-state index contributed by atoms with van der Waals surface area (Å²) in [5.74, 6) is 2.11. The van der Waals surface area contributed by atoms with Gasteiger partial charge in [0.2, 0.25) is 5.95 Å². The Morgan fingerprint density at radius 1 is 1.00 bits per heavy atom. The zero-order valence-electron chi connectivity index (χ0n) is 15.4. The van der Waals surface area contributed by atoms with Crippen molar-refractivity contribution in [3.8, 4) is 0 Å². The van der Waals surface area contributed by atoms with E-state index in [0.717, 1.165) is 43.3 Å². The molecule has 1 aromatic carbocycles. The molecule has 2 N–H and O–H groups in total. The van der Waals surface area contributed by atoms with Crippen LogP contribution in [0.2, 0.25) is 0 Å². The molecule has 0 amide bonds. The average molecular weight is 352 g/mol. The molecule has 0 aliphatic heterocycles. The number of hydrogen-bond acceptors (Lipinski definition) is 5. The number of rotatable bonds is 6. The molecule has 2 saturated carbocycles. The maximum atomic E-state index is 9.80. The fourth-order valence-corrected chi connectivity index (χ4v) is 4.63. The lowest BCUT2D eigenvalue weighted by Crippen LogP contribution is -2.30. The Morgan fingerprint density at radius 3 is 2.31 bits per heavy atom. The van der Waals surface area contributed by atoms with E-state index in [4.69, 9.17) is 0 Å². The van der Waals surface area contributed by atoms with Crippen LogP contribution < -0.4 is 5.32 Å². The fraction of sp³-hybridized carbons (Fsp3) is 0.524. The first-order valence-electron chi connectivity index (χ1n) is 9.64. The van der Waals surface area contributed by atoms with Gasteiger partial charge in [0.15, 0.2) is 0 Å². The standard InChI is InChI=1S/C21H28N4O/c1-25(19-7-17-9-20(26)10-18(17)8-19)14-16-12-23-21(24-13-16)22-11-15-5-3-2-4-6-15/h2-6,12-13,17-20,26H,7-11,14H2,1H3,(H,22,23,24)/t17-,18+,19?,20?. The summed E-state index contributed by atoms with van der Waals surface area (Å²) < 4.78 is 0. The van der Waals surface area contributed by atoms with Crippen molar-refractivity contribution in [1.29, 1.82) is 0 Å². The molecule has 2 aliphatic rings. The Hall–Kier alpha value is -1.98. The van der Waals surface area contributed by atoms with E-state index < -0.39 is 0 Å². The summed E-state index contributed by atoms with van der Waals surface area (Å²) >= 11 is 0. The number of aromatic nitrogens is 2. The highest BCUT2D eigenvalue weighted by Crippen LogP contribution is 2.45. The van der Waals surface area contributed by atoms with Crippen molar-refractivity contribution >= 4 is 5.95 Å². The maximum Gasteiger partial charge on any atom is 0.222 e. The quantitative estimate of drug-likeness (QED) is 0.837. The predicted molar refractivity (Wildman–Crippen MR) is 103 cm³/mol. The SMILES string of the molecule is CN(Cc1cnc(NCc2ccccc2)nc1)C1C[C@H]2CC(O)C[C@H]2C1. The molecule has 4 atom stereocenters. The van der Waals surface area contributed by atoms with Crippen LogP contribution >= 0.6 is 0 Å². The van der Waals surface area contributed by atoms with Crippen LogP contribution in [0.4, 0.5) is 5.95 Å². The van der Waals surface area contributed by atoms with Crippen LogP contribution in [0.1, 0.15) is 36.8 Å². The molecular formula is C21H28N4O. The van der Waals surface area contributed by atoms with Gasteiger partial charge in [-0.1, -0.05) is 30.3 Å². The minimum absolute atomic E-state index is 0.0550. The second-order valence-electron chi connectivity index (χ2n) is 7.94. The molecule has 138 valence electrons. The van der Waals surface area contributed by atoms with E-state index in [1.54, 1.807) is 0 Å². The van der Waals surface area contributed by atoms with Crippen LogP contribution in [0.5, 0.6) is 0 Å². The Bertz CT molecular complexity index is 692. The van der Waals surface area contributed by atoms with E-state index in [0.29, 0.717) is 12.0 Å². The van der Waals surface area contributed by atoms with Gasteiger partial charge in [0.25, 0.3) is 0 Å².